The van der Waals surface area contributed by atoms with E-state index in [1.807, 2.05) is 60.0 Å². The Labute approximate surface area is 149 Å². The van der Waals surface area contributed by atoms with Crippen LogP contribution in [0.3, 0.4) is 0 Å². The fourth-order valence-electron chi connectivity index (χ4n) is 2.93. The van der Waals surface area contributed by atoms with Gasteiger partial charge in [0.25, 0.3) is 5.91 Å². The summed E-state index contributed by atoms with van der Waals surface area (Å²) in [6.45, 7) is 1.86. The number of rotatable bonds is 4. The average molecular weight is 347 g/mol. The summed E-state index contributed by atoms with van der Waals surface area (Å²) in [6, 6.07) is 14.7. The van der Waals surface area contributed by atoms with Crippen molar-refractivity contribution in [3.05, 3.63) is 66.2 Å². The van der Waals surface area contributed by atoms with E-state index in [1.54, 1.807) is 13.2 Å². The molecule has 1 atom stereocenters. The Morgan fingerprint density at radius 1 is 1.15 bits per heavy atom. The molecule has 0 fully saturated rings. The van der Waals surface area contributed by atoms with Gasteiger partial charge < -0.3 is 10.1 Å². The predicted molar refractivity (Wildman–Crippen MR) is 97.2 cm³/mol. The molecule has 7 heteroatoms. The van der Waals surface area contributed by atoms with Gasteiger partial charge in [-0.2, -0.15) is 0 Å². The molecule has 0 aliphatic carbocycles. The third kappa shape index (κ3) is 2.73. The number of ether oxygens (including phenoxy) is 1. The van der Waals surface area contributed by atoms with Crippen LogP contribution < -0.4 is 10.1 Å². The minimum Gasteiger partial charge on any atom is -0.481 e. The van der Waals surface area contributed by atoms with Crippen molar-refractivity contribution >= 4 is 22.3 Å². The van der Waals surface area contributed by atoms with Crippen molar-refractivity contribution in [2.45, 2.75) is 13.0 Å². The van der Waals surface area contributed by atoms with Gasteiger partial charge in [-0.3, -0.25) is 9.20 Å². The van der Waals surface area contributed by atoms with Crippen molar-refractivity contribution in [2.75, 3.05) is 7.11 Å². The highest BCUT2D eigenvalue weighted by atomic mass is 16.5. The van der Waals surface area contributed by atoms with E-state index >= 15 is 0 Å². The summed E-state index contributed by atoms with van der Waals surface area (Å²) in [5.41, 5.74) is 1.02. The molecule has 0 unspecified atom stereocenters. The van der Waals surface area contributed by atoms with Crippen LogP contribution in [0.15, 0.2) is 54.7 Å². The summed E-state index contributed by atoms with van der Waals surface area (Å²) < 4.78 is 7.18. The third-order valence-electron chi connectivity index (χ3n) is 4.21. The van der Waals surface area contributed by atoms with Gasteiger partial charge in [-0.25, -0.2) is 4.98 Å². The summed E-state index contributed by atoms with van der Waals surface area (Å²) in [6.07, 6.45) is 1.87. The third-order valence-corrected chi connectivity index (χ3v) is 4.21. The topological polar surface area (TPSA) is 81.4 Å². The van der Waals surface area contributed by atoms with Gasteiger partial charge in [-0.1, -0.05) is 24.3 Å². The Kier molecular flexibility index (Phi) is 3.96. The molecule has 1 N–H and O–H groups in total. The van der Waals surface area contributed by atoms with Crippen LogP contribution in [0.4, 0.5) is 0 Å². The van der Waals surface area contributed by atoms with E-state index < -0.39 is 0 Å². The fourth-order valence-corrected chi connectivity index (χ4v) is 2.93. The van der Waals surface area contributed by atoms with Gasteiger partial charge in [0.15, 0.2) is 11.5 Å². The van der Waals surface area contributed by atoms with Crippen molar-refractivity contribution < 1.29 is 9.53 Å². The molecule has 0 spiro atoms. The molecule has 26 heavy (non-hydrogen) atoms. The second kappa shape index (κ2) is 6.44. The van der Waals surface area contributed by atoms with Crippen LogP contribution in [0.25, 0.3) is 16.4 Å². The number of carbonyl (C=O) groups is 1. The lowest BCUT2D eigenvalue weighted by Gasteiger charge is -2.13. The highest BCUT2D eigenvalue weighted by molar-refractivity contribution is 5.98. The molecule has 0 aliphatic rings. The first-order valence-corrected chi connectivity index (χ1v) is 8.21. The first kappa shape index (κ1) is 16.0. The second-order valence-electron chi connectivity index (χ2n) is 5.92. The quantitative estimate of drug-likeness (QED) is 0.614. The molecule has 0 saturated heterocycles. The number of hydrogen-bond acceptors (Lipinski definition) is 5. The normalized spacial score (nSPS) is 12.2. The smallest absolute Gasteiger partial charge is 0.270 e. The number of methoxy groups -OCH3 is 1. The van der Waals surface area contributed by atoms with Crippen LogP contribution in [0.5, 0.6) is 5.88 Å². The Balaban J connectivity index is 1.64. The molecule has 130 valence electrons. The largest absolute Gasteiger partial charge is 0.481 e. The highest BCUT2D eigenvalue weighted by Gasteiger charge is 2.19. The van der Waals surface area contributed by atoms with Gasteiger partial charge in [0.05, 0.1) is 13.2 Å². The van der Waals surface area contributed by atoms with Gasteiger partial charge in [-0.15, -0.1) is 10.2 Å². The molecular formula is C19H17N5O2. The molecule has 0 bridgehead atoms. The number of nitrogens with one attached hydrogen (secondary N) is 1. The van der Waals surface area contributed by atoms with Crippen LogP contribution in [0, 0.1) is 0 Å². The van der Waals surface area contributed by atoms with Crippen LogP contribution in [-0.4, -0.2) is 32.6 Å². The number of amides is 1. The number of carbonyl (C=O) groups excluding carboxylic acids is 1. The number of aromatic nitrogens is 4. The van der Waals surface area contributed by atoms with E-state index in [4.69, 9.17) is 4.74 Å². The molecular weight excluding hydrogens is 330 g/mol. The van der Waals surface area contributed by atoms with E-state index in [1.165, 1.54) is 0 Å². The molecule has 1 aromatic carbocycles. The van der Waals surface area contributed by atoms with E-state index in [9.17, 15) is 4.79 Å². The van der Waals surface area contributed by atoms with Gasteiger partial charge in [0.2, 0.25) is 5.88 Å². The highest BCUT2D eigenvalue weighted by Crippen LogP contribution is 2.24. The Hall–Kier alpha value is -3.48. The molecule has 4 rings (SSSR count). The first-order chi connectivity index (χ1) is 12.7. The van der Waals surface area contributed by atoms with E-state index in [2.05, 4.69) is 20.5 Å². The van der Waals surface area contributed by atoms with Crippen LogP contribution in [-0.2, 0) is 0 Å². The van der Waals surface area contributed by atoms with Crippen molar-refractivity contribution in [1.82, 2.24) is 24.9 Å². The minimum atomic E-state index is -0.334. The maximum Gasteiger partial charge on any atom is 0.270 e. The van der Waals surface area contributed by atoms with Crippen molar-refractivity contribution in [3.63, 3.8) is 0 Å². The zero-order chi connectivity index (χ0) is 18.1. The van der Waals surface area contributed by atoms with Crippen LogP contribution in [0.2, 0.25) is 0 Å². The molecule has 3 heterocycles. The zero-order valence-electron chi connectivity index (χ0n) is 14.4. The van der Waals surface area contributed by atoms with Gasteiger partial charge in [0, 0.05) is 11.6 Å². The molecule has 0 radical (unpaired) electrons. The molecule has 0 saturated carbocycles. The second-order valence-corrected chi connectivity index (χ2v) is 5.92. The molecule has 1 amide bonds. The van der Waals surface area contributed by atoms with E-state index in [0.717, 1.165) is 16.4 Å². The van der Waals surface area contributed by atoms with Gasteiger partial charge in [0.1, 0.15) is 5.69 Å². The number of hydrogen-bond donors (Lipinski definition) is 1. The predicted octanol–water partition coefficient (Wildman–Crippen LogP) is 2.78. The number of pyridine rings is 2. The van der Waals surface area contributed by atoms with E-state index in [-0.39, 0.29) is 11.9 Å². The SMILES string of the molecule is COc1nc(C(=O)N[C@H](C)c2nnc3ccccn23)cc2ccccc12. The lowest BCUT2D eigenvalue weighted by atomic mass is 10.1. The van der Waals surface area contributed by atoms with Crippen LogP contribution >= 0.6 is 0 Å². The average Bonchev–Trinajstić information content (AvgIpc) is 3.11. The maximum absolute atomic E-state index is 12.7. The summed E-state index contributed by atoms with van der Waals surface area (Å²) in [4.78, 5) is 17.1. The number of benzene rings is 1. The molecule has 3 aromatic heterocycles. The first-order valence-electron chi connectivity index (χ1n) is 8.21. The zero-order valence-corrected chi connectivity index (χ0v) is 14.4. The Morgan fingerprint density at radius 2 is 1.96 bits per heavy atom. The maximum atomic E-state index is 12.7. The van der Waals surface area contributed by atoms with Crippen molar-refractivity contribution in [1.29, 1.82) is 0 Å². The standard InChI is InChI=1S/C19H17N5O2/c1-12(17-23-22-16-9-5-6-10-24(16)17)20-18(25)15-11-13-7-3-4-8-14(13)19(21-15)26-2/h3-12H,1-2H3,(H,20,25)/t12-/m1/s1. The number of fused-ring (bicyclic) bond motifs is 2. The van der Waals surface area contributed by atoms with Crippen molar-refractivity contribution in [2.24, 2.45) is 0 Å². The lowest BCUT2D eigenvalue weighted by molar-refractivity contribution is 0.0932. The lowest BCUT2D eigenvalue weighted by Crippen LogP contribution is -2.28. The fraction of sp³-hybridized carbons (Fsp3) is 0.158. The monoisotopic (exact) mass is 347 g/mol. The van der Waals surface area contributed by atoms with Crippen LogP contribution in [0.1, 0.15) is 29.3 Å². The summed E-state index contributed by atoms with van der Waals surface area (Å²) in [7, 11) is 1.54. The number of nitrogens with zero attached hydrogens (tertiary/aromatic N) is 4. The summed E-state index contributed by atoms with van der Waals surface area (Å²) in [5.74, 6) is 0.782. The van der Waals surface area contributed by atoms with Crippen molar-refractivity contribution in [3.8, 4) is 5.88 Å². The molecule has 7 nitrogen and oxygen atoms in total. The Bertz CT molecular complexity index is 1110. The van der Waals surface area contributed by atoms with E-state index in [0.29, 0.717) is 17.4 Å². The van der Waals surface area contributed by atoms with Gasteiger partial charge >= 0.3 is 0 Å². The minimum absolute atomic E-state index is 0.293. The molecule has 0 aliphatic heterocycles. The summed E-state index contributed by atoms with van der Waals surface area (Å²) >= 11 is 0. The summed E-state index contributed by atoms with van der Waals surface area (Å²) in [5, 5.41) is 13.0. The van der Waals surface area contributed by atoms with Gasteiger partial charge in [-0.05, 0) is 36.6 Å². The molecule has 4 aromatic rings. The Morgan fingerprint density at radius 3 is 2.81 bits per heavy atom.